The standard InChI is InChI=1S/C24H17F3N6O3/c1-12-17(10-18(22(34)35)20-19(12)28-23(29-20)36-11-24(25,26)27)14-8-6-13(7-9-14)15-4-2-3-5-16(15)21-30-32-33-31-21/h2-10H,11H2,1H3,(H,28,29)(H,34,35)(H,30,31,32,33). The maximum atomic E-state index is 12.6. The average Bonchev–Trinajstić information content (AvgIpc) is 3.53. The Morgan fingerprint density at radius 1 is 1.03 bits per heavy atom. The molecule has 0 fully saturated rings. The minimum absolute atomic E-state index is 0.0899. The van der Waals surface area contributed by atoms with Crippen molar-refractivity contribution in [2.75, 3.05) is 6.61 Å². The van der Waals surface area contributed by atoms with Crippen LogP contribution in [0.5, 0.6) is 6.01 Å². The number of carbonyl (C=O) groups is 1. The lowest BCUT2D eigenvalue weighted by atomic mass is 9.93. The molecule has 36 heavy (non-hydrogen) atoms. The van der Waals surface area contributed by atoms with Crippen molar-refractivity contribution in [2.24, 2.45) is 0 Å². The molecule has 9 nitrogen and oxygen atoms in total. The molecule has 0 bridgehead atoms. The topological polar surface area (TPSA) is 130 Å². The number of aromatic nitrogens is 6. The highest BCUT2D eigenvalue weighted by Crippen LogP contribution is 2.35. The van der Waals surface area contributed by atoms with Gasteiger partial charge >= 0.3 is 12.1 Å². The smallest absolute Gasteiger partial charge is 0.422 e. The highest BCUT2D eigenvalue weighted by Gasteiger charge is 2.29. The van der Waals surface area contributed by atoms with Gasteiger partial charge in [0.15, 0.2) is 12.4 Å². The number of aryl methyl sites for hydroxylation is 1. The van der Waals surface area contributed by atoms with E-state index < -0.39 is 24.8 Å². The van der Waals surface area contributed by atoms with Gasteiger partial charge in [-0.1, -0.05) is 48.5 Å². The van der Waals surface area contributed by atoms with Gasteiger partial charge in [-0.05, 0) is 51.2 Å². The number of fused-ring (bicyclic) bond motifs is 1. The molecule has 5 rings (SSSR count). The molecule has 182 valence electrons. The lowest BCUT2D eigenvalue weighted by Crippen LogP contribution is -2.19. The summed E-state index contributed by atoms with van der Waals surface area (Å²) < 4.78 is 42.4. The molecule has 5 aromatic rings. The minimum Gasteiger partial charge on any atom is -0.478 e. The number of tetrazole rings is 1. The molecule has 3 aromatic carbocycles. The van der Waals surface area contributed by atoms with Gasteiger partial charge in [-0.2, -0.15) is 18.2 Å². The van der Waals surface area contributed by atoms with Gasteiger partial charge in [-0.3, -0.25) is 0 Å². The predicted octanol–water partition coefficient (Wildman–Crippen LogP) is 5.02. The van der Waals surface area contributed by atoms with Crippen LogP contribution in [0, 0.1) is 6.92 Å². The fourth-order valence-corrected chi connectivity index (χ4v) is 4.00. The summed E-state index contributed by atoms with van der Waals surface area (Å²) in [5.74, 6) is -0.734. The molecule has 0 aliphatic heterocycles. The number of nitrogens with one attached hydrogen (secondary N) is 2. The third-order valence-corrected chi connectivity index (χ3v) is 5.64. The number of nitrogens with zero attached hydrogens (tertiary/aromatic N) is 4. The largest absolute Gasteiger partial charge is 0.478 e. The molecule has 0 unspecified atom stereocenters. The molecule has 0 saturated heterocycles. The molecule has 0 aliphatic carbocycles. The molecule has 0 saturated carbocycles. The first kappa shape index (κ1) is 23.0. The fraction of sp³-hybridized carbons (Fsp3) is 0.125. The van der Waals surface area contributed by atoms with Crippen molar-refractivity contribution in [1.82, 2.24) is 30.6 Å². The number of ether oxygens (including phenoxy) is 1. The van der Waals surface area contributed by atoms with E-state index in [-0.39, 0.29) is 16.6 Å². The SMILES string of the molecule is Cc1c(-c2ccc(-c3ccccc3-c3nnn[nH]3)cc2)cc(C(=O)O)c2[nH]c(OCC(F)(F)F)nc12. The number of rotatable bonds is 6. The summed E-state index contributed by atoms with van der Waals surface area (Å²) in [4.78, 5) is 18.6. The van der Waals surface area contributed by atoms with Crippen molar-refractivity contribution in [3.63, 3.8) is 0 Å². The Morgan fingerprint density at radius 2 is 1.69 bits per heavy atom. The summed E-state index contributed by atoms with van der Waals surface area (Å²) in [5, 5.41) is 23.7. The summed E-state index contributed by atoms with van der Waals surface area (Å²) in [6, 6.07) is 16.1. The second-order valence-corrected chi connectivity index (χ2v) is 7.94. The highest BCUT2D eigenvalue weighted by molar-refractivity contribution is 6.05. The number of carboxylic acids is 1. The van der Waals surface area contributed by atoms with E-state index in [0.717, 1.165) is 16.7 Å². The molecule has 12 heteroatoms. The predicted molar refractivity (Wildman–Crippen MR) is 123 cm³/mol. The molecule has 2 heterocycles. The number of benzene rings is 3. The van der Waals surface area contributed by atoms with Crippen LogP contribution in [0.1, 0.15) is 15.9 Å². The van der Waals surface area contributed by atoms with Crippen LogP contribution in [-0.4, -0.2) is 54.5 Å². The second kappa shape index (κ2) is 8.80. The first-order chi connectivity index (χ1) is 17.2. The van der Waals surface area contributed by atoms with Crippen molar-refractivity contribution < 1.29 is 27.8 Å². The normalized spacial score (nSPS) is 11.7. The number of H-pyrrole nitrogens is 2. The van der Waals surface area contributed by atoms with E-state index in [4.69, 9.17) is 4.74 Å². The Labute approximate surface area is 201 Å². The Balaban J connectivity index is 1.55. The third kappa shape index (κ3) is 4.35. The Morgan fingerprint density at radius 3 is 2.31 bits per heavy atom. The number of aromatic carboxylic acids is 1. The Kier molecular flexibility index (Phi) is 5.63. The fourth-order valence-electron chi connectivity index (χ4n) is 4.00. The summed E-state index contributed by atoms with van der Waals surface area (Å²) in [5.41, 5.74) is 4.63. The number of halogens is 3. The van der Waals surface area contributed by atoms with Gasteiger partial charge in [0.05, 0.1) is 16.6 Å². The van der Waals surface area contributed by atoms with Gasteiger partial charge in [0.1, 0.15) is 0 Å². The average molecular weight is 494 g/mol. The lowest BCUT2D eigenvalue weighted by Gasteiger charge is -2.11. The molecule has 0 spiro atoms. The zero-order valence-corrected chi connectivity index (χ0v) is 18.6. The number of carboxylic acid groups (broad SMARTS) is 1. The first-order valence-corrected chi connectivity index (χ1v) is 10.6. The molecular weight excluding hydrogens is 477 g/mol. The van der Waals surface area contributed by atoms with Crippen LogP contribution in [-0.2, 0) is 0 Å². The van der Waals surface area contributed by atoms with Crippen LogP contribution in [0.15, 0.2) is 54.6 Å². The zero-order chi connectivity index (χ0) is 25.4. The van der Waals surface area contributed by atoms with Crippen molar-refractivity contribution in [3.8, 4) is 39.7 Å². The summed E-state index contributed by atoms with van der Waals surface area (Å²) in [6.45, 7) is 0.173. The second-order valence-electron chi connectivity index (χ2n) is 7.94. The van der Waals surface area contributed by atoms with Crippen LogP contribution >= 0.6 is 0 Å². The Bertz CT molecular complexity index is 1560. The molecular formula is C24H17F3N6O3. The van der Waals surface area contributed by atoms with E-state index in [1.54, 1.807) is 6.92 Å². The number of imidazole rings is 1. The van der Waals surface area contributed by atoms with Crippen molar-refractivity contribution in [1.29, 1.82) is 0 Å². The summed E-state index contributed by atoms with van der Waals surface area (Å²) in [7, 11) is 0. The van der Waals surface area contributed by atoms with Gasteiger partial charge in [0.2, 0.25) is 0 Å². The maximum absolute atomic E-state index is 12.6. The van der Waals surface area contributed by atoms with E-state index in [9.17, 15) is 23.1 Å². The van der Waals surface area contributed by atoms with Gasteiger partial charge in [0.25, 0.3) is 6.01 Å². The van der Waals surface area contributed by atoms with E-state index >= 15 is 0 Å². The summed E-state index contributed by atoms with van der Waals surface area (Å²) >= 11 is 0. The van der Waals surface area contributed by atoms with E-state index in [2.05, 4.69) is 30.6 Å². The molecule has 0 radical (unpaired) electrons. The molecule has 3 N–H and O–H groups in total. The molecule has 2 aromatic heterocycles. The summed E-state index contributed by atoms with van der Waals surface area (Å²) in [6.07, 6.45) is -4.56. The number of aromatic amines is 2. The van der Waals surface area contributed by atoms with Crippen molar-refractivity contribution in [3.05, 3.63) is 65.7 Å². The van der Waals surface area contributed by atoms with Gasteiger partial charge in [0, 0.05) is 5.56 Å². The zero-order valence-electron chi connectivity index (χ0n) is 18.6. The van der Waals surface area contributed by atoms with E-state index in [0.29, 0.717) is 22.5 Å². The third-order valence-electron chi connectivity index (χ3n) is 5.64. The van der Waals surface area contributed by atoms with Crippen LogP contribution in [0.25, 0.3) is 44.7 Å². The first-order valence-electron chi connectivity index (χ1n) is 10.6. The van der Waals surface area contributed by atoms with Crippen LogP contribution in [0.4, 0.5) is 13.2 Å². The monoisotopic (exact) mass is 494 g/mol. The number of hydrogen-bond acceptors (Lipinski definition) is 6. The molecule has 0 atom stereocenters. The number of alkyl halides is 3. The minimum atomic E-state index is -4.56. The quantitative estimate of drug-likeness (QED) is 0.302. The van der Waals surface area contributed by atoms with Crippen molar-refractivity contribution >= 4 is 17.0 Å². The van der Waals surface area contributed by atoms with Gasteiger partial charge in [-0.25, -0.2) is 9.89 Å². The lowest BCUT2D eigenvalue weighted by molar-refractivity contribution is -0.154. The van der Waals surface area contributed by atoms with Gasteiger partial charge in [-0.15, -0.1) is 5.10 Å². The van der Waals surface area contributed by atoms with Crippen LogP contribution in [0.2, 0.25) is 0 Å². The Hall–Kier alpha value is -4.74. The maximum Gasteiger partial charge on any atom is 0.422 e. The van der Waals surface area contributed by atoms with Gasteiger partial charge < -0.3 is 14.8 Å². The van der Waals surface area contributed by atoms with Crippen molar-refractivity contribution in [2.45, 2.75) is 13.1 Å². The number of hydrogen-bond donors (Lipinski definition) is 3. The van der Waals surface area contributed by atoms with E-state index in [1.807, 2.05) is 48.5 Å². The van der Waals surface area contributed by atoms with Crippen LogP contribution < -0.4 is 4.74 Å². The highest BCUT2D eigenvalue weighted by atomic mass is 19.4. The van der Waals surface area contributed by atoms with Crippen LogP contribution in [0.3, 0.4) is 0 Å². The molecule has 0 amide bonds. The van der Waals surface area contributed by atoms with E-state index in [1.165, 1.54) is 6.07 Å². The molecule has 0 aliphatic rings.